The molecule has 0 aliphatic carbocycles. The molecule has 1 saturated heterocycles. The lowest BCUT2D eigenvalue weighted by Crippen LogP contribution is -2.31. The van der Waals surface area contributed by atoms with E-state index in [1.54, 1.807) is 0 Å². The summed E-state index contributed by atoms with van der Waals surface area (Å²) in [7, 11) is 0. The molecule has 0 saturated carbocycles. The molecule has 2 aromatic rings. The fraction of sp³-hybridized carbons (Fsp3) is 0.455. The molecule has 3 rings (SSSR count). The quantitative estimate of drug-likeness (QED) is 0.493. The molecule has 2 N–H and O–H groups in total. The Morgan fingerprint density at radius 2 is 1.70 bits per heavy atom. The summed E-state index contributed by atoms with van der Waals surface area (Å²) in [5, 5.41) is 16.6. The van der Waals surface area contributed by atoms with E-state index in [0.29, 0.717) is 12.2 Å². The first-order chi connectivity index (χ1) is 14.5. The second-order valence-electron chi connectivity index (χ2n) is 6.96. The van der Waals surface area contributed by atoms with Crippen LogP contribution in [0.15, 0.2) is 36.4 Å². The van der Waals surface area contributed by atoms with Crippen molar-refractivity contribution in [3.05, 3.63) is 36.4 Å². The van der Waals surface area contributed by atoms with Crippen LogP contribution in [-0.4, -0.2) is 51.8 Å². The second kappa shape index (κ2) is 12.4. The molecule has 162 valence electrons. The minimum absolute atomic E-state index is 0.558. The summed E-state index contributed by atoms with van der Waals surface area (Å²) >= 11 is 0. The van der Waals surface area contributed by atoms with Gasteiger partial charge in [-0.2, -0.15) is 4.98 Å². The number of anilines is 1. The van der Waals surface area contributed by atoms with Crippen molar-refractivity contribution in [3.63, 3.8) is 0 Å². The maximum atomic E-state index is 9.55. The zero-order valence-electron chi connectivity index (χ0n) is 17.3. The van der Waals surface area contributed by atoms with Crippen LogP contribution in [0.4, 0.5) is 5.95 Å². The fourth-order valence-corrected chi connectivity index (χ4v) is 3.04. The maximum Gasteiger partial charge on any atom is 0.328 e. The van der Waals surface area contributed by atoms with E-state index in [-0.39, 0.29) is 0 Å². The molecule has 1 fully saturated rings. The normalized spacial score (nSPS) is 13.7. The third kappa shape index (κ3) is 7.69. The average molecular weight is 415 g/mol. The largest absolute Gasteiger partial charge is 0.478 e. The predicted octanol–water partition coefficient (Wildman–Crippen LogP) is 3.90. The third-order valence-electron chi connectivity index (χ3n) is 4.55. The van der Waals surface area contributed by atoms with Crippen LogP contribution in [-0.2, 0) is 9.59 Å². The van der Waals surface area contributed by atoms with Gasteiger partial charge in [0.2, 0.25) is 11.8 Å². The van der Waals surface area contributed by atoms with E-state index in [4.69, 9.17) is 24.9 Å². The number of rotatable bonds is 8. The Labute approximate surface area is 176 Å². The van der Waals surface area contributed by atoms with Crippen molar-refractivity contribution in [2.24, 2.45) is 0 Å². The Hall–Kier alpha value is -3.16. The van der Waals surface area contributed by atoms with Gasteiger partial charge in [0.1, 0.15) is 0 Å². The molecule has 30 heavy (non-hydrogen) atoms. The van der Waals surface area contributed by atoms with Crippen molar-refractivity contribution in [2.75, 3.05) is 24.6 Å². The number of ether oxygens (including phenoxy) is 1. The minimum Gasteiger partial charge on any atom is -0.478 e. The number of aromatic nitrogens is 2. The standard InChI is InChI=1S/C18H25N3O.C4H4O4/c1-2-3-9-14-22-17-15-10-5-6-11-16(15)19-18(20-17)21-12-7-4-8-13-21;5-3(6)1-2-4(7)8/h5-6,10-11H,2-4,7-9,12-14H2,1H3;1-2H,(H,5,6)(H,7,8)/b;2-1+. The third-order valence-corrected chi connectivity index (χ3v) is 4.55. The first-order valence-corrected chi connectivity index (χ1v) is 10.3. The van der Waals surface area contributed by atoms with Crippen molar-refractivity contribution in [3.8, 4) is 5.88 Å². The lowest BCUT2D eigenvalue weighted by molar-refractivity contribution is -0.134. The van der Waals surface area contributed by atoms with Crippen LogP contribution < -0.4 is 9.64 Å². The van der Waals surface area contributed by atoms with Crippen LogP contribution >= 0.6 is 0 Å². The van der Waals surface area contributed by atoms with Crippen LogP contribution in [0.1, 0.15) is 45.4 Å². The molecule has 0 unspecified atom stereocenters. The first-order valence-electron chi connectivity index (χ1n) is 10.3. The highest BCUT2D eigenvalue weighted by Crippen LogP contribution is 2.26. The highest BCUT2D eigenvalue weighted by Gasteiger charge is 2.16. The molecule has 1 aliphatic rings. The van der Waals surface area contributed by atoms with Gasteiger partial charge in [0.25, 0.3) is 0 Å². The Kier molecular flexibility index (Phi) is 9.57. The highest BCUT2D eigenvalue weighted by molar-refractivity contribution is 5.89. The monoisotopic (exact) mass is 415 g/mol. The van der Waals surface area contributed by atoms with E-state index in [0.717, 1.165) is 48.8 Å². The SMILES string of the molecule is CCCCCOc1nc(N2CCCCC2)nc2ccccc12.O=C(O)/C=C/C(=O)O. The van der Waals surface area contributed by atoms with Crippen LogP contribution in [0.3, 0.4) is 0 Å². The Balaban J connectivity index is 0.000000343. The van der Waals surface area contributed by atoms with Gasteiger partial charge in [0.15, 0.2) is 0 Å². The molecule has 0 atom stereocenters. The Morgan fingerprint density at radius 1 is 1.03 bits per heavy atom. The van der Waals surface area contributed by atoms with Gasteiger partial charge in [-0.05, 0) is 37.8 Å². The highest BCUT2D eigenvalue weighted by atomic mass is 16.5. The second-order valence-corrected chi connectivity index (χ2v) is 6.96. The molecule has 1 aromatic heterocycles. The molecule has 8 heteroatoms. The van der Waals surface area contributed by atoms with Crippen molar-refractivity contribution < 1.29 is 24.5 Å². The smallest absolute Gasteiger partial charge is 0.328 e. The van der Waals surface area contributed by atoms with Gasteiger partial charge in [-0.3, -0.25) is 0 Å². The van der Waals surface area contributed by atoms with E-state index in [9.17, 15) is 9.59 Å². The zero-order chi connectivity index (χ0) is 21.8. The van der Waals surface area contributed by atoms with Gasteiger partial charge in [0, 0.05) is 25.2 Å². The van der Waals surface area contributed by atoms with Crippen molar-refractivity contribution in [1.29, 1.82) is 0 Å². The average Bonchev–Trinajstić information content (AvgIpc) is 2.76. The predicted molar refractivity (Wildman–Crippen MR) is 115 cm³/mol. The summed E-state index contributed by atoms with van der Waals surface area (Å²) in [6.07, 6.45) is 8.35. The van der Waals surface area contributed by atoms with Crippen LogP contribution in [0.5, 0.6) is 5.88 Å². The molecular formula is C22H29N3O5. The van der Waals surface area contributed by atoms with E-state index in [1.165, 1.54) is 32.1 Å². The summed E-state index contributed by atoms with van der Waals surface area (Å²) in [6.45, 7) is 5.03. The van der Waals surface area contributed by atoms with Gasteiger partial charge in [-0.25, -0.2) is 14.6 Å². The maximum absolute atomic E-state index is 9.55. The molecule has 1 aliphatic heterocycles. The number of hydrogen-bond acceptors (Lipinski definition) is 6. The molecule has 8 nitrogen and oxygen atoms in total. The summed E-state index contributed by atoms with van der Waals surface area (Å²) < 4.78 is 5.98. The summed E-state index contributed by atoms with van der Waals surface area (Å²) in [5.41, 5.74) is 0.976. The van der Waals surface area contributed by atoms with Gasteiger partial charge in [0.05, 0.1) is 17.5 Å². The molecule has 1 aromatic carbocycles. The lowest BCUT2D eigenvalue weighted by Gasteiger charge is -2.27. The zero-order valence-corrected chi connectivity index (χ0v) is 17.3. The number of para-hydroxylation sites is 1. The number of hydrogen-bond donors (Lipinski definition) is 2. The fourth-order valence-electron chi connectivity index (χ4n) is 3.04. The molecule has 0 radical (unpaired) electrons. The summed E-state index contributed by atoms with van der Waals surface area (Å²) in [6, 6.07) is 8.13. The molecule has 2 heterocycles. The lowest BCUT2D eigenvalue weighted by atomic mass is 10.1. The molecule has 0 bridgehead atoms. The minimum atomic E-state index is -1.26. The summed E-state index contributed by atoms with van der Waals surface area (Å²) in [5.74, 6) is -0.953. The van der Waals surface area contributed by atoms with Crippen LogP contribution in [0, 0.1) is 0 Å². The van der Waals surface area contributed by atoms with E-state index >= 15 is 0 Å². The number of carboxylic acids is 2. The van der Waals surface area contributed by atoms with Gasteiger partial charge >= 0.3 is 11.9 Å². The number of unbranched alkanes of at least 4 members (excludes halogenated alkanes) is 2. The molecule has 0 spiro atoms. The number of piperidine rings is 1. The number of carboxylic acid groups (broad SMARTS) is 2. The van der Waals surface area contributed by atoms with Crippen molar-refractivity contribution >= 4 is 28.8 Å². The van der Waals surface area contributed by atoms with E-state index in [2.05, 4.69) is 11.8 Å². The van der Waals surface area contributed by atoms with Crippen LogP contribution in [0.25, 0.3) is 10.9 Å². The first kappa shape index (κ1) is 23.1. The Bertz CT molecular complexity index is 847. The van der Waals surface area contributed by atoms with Gasteiger partial charge in [-0.15, -0.1) is 0 Å². The molecular weight excluding hydrogens is 386 g/mol. The number of fused-ring (bicyclic) bond motifs is 1. The molecule has 0 amide bonds. The number of aliphatic carboxylic acids is 2. The Morgan fingerprint density at radius 3 is 2.33 bits per heavy atom. The van der Waals surface area contributed by atoms with Gasteiger partial charge in [-0.1, -0.05) is 31.9 Å². The van der Waals surface area contributed by atoms with Crippen LogP contribution in [0.2, 0.25) is 0 Å². The van der Waals surface area contributed by atoms with Crippen molar-refractivity contribution in [1.82, 2.24) is 9.97 Å². The number of benzene rings is 1. The number of nitrogens with zero attached hydrogens (tertiary/aromatic N) is 3. The van der Waals surface area contributed by atoms with E-state index in [1.807, 2.05) is 24.3 Å². The number of carbonyl (C=O) groups is 2. The topological polar surface area (TPSA) is 113 Å². The summed E-state index contributed by atoms with van der Waals surface area (Å²) in [4.78, 5) is 30.8. The van der Waals surface area contributed by atoms with E-state index < -0.39 is 11.9 Å². The van der Waals surface area contributed by atoms with Gasteiger partial charge < -0.3 is 19.8 Å². The van der Waals surface area contributed by atoms with Crippen molar-refractivity contribution in [2.45, 2.75) is 45.4 Å².